The number of aliphatic imine (C=N–C) groups is 1. The number of alkyl halides is 1. The van der Waals surface area contributed by atoms with Crippen molar-refractivity contribution in [3.8, 4) is 0 Å². The summed E-state index contributed by atoms with van der Waals surface area (Å²) >= 11 is 7.17. The molecule has 1 aromatic carbocycles. The summed E-state index contributed by atoms with van der Waals surface area (Å²) in [5.41, 5.74) is 2.05. The Morgan fingerprint density at radius 3 is 3.06 bits per heavy atom. The fourth-order valence-electron chi connectivity index (χ4n) is 2.71. The minimum Gasteiger partial charge on any atom is -0.343 e. The Morgan fingerprint density at radius 1 is 1.59 bits per heavy atom. The summed E-state index contributed by atoms with van der Waals surface area (Å²) in [6.45, 7) is 0. The van der Waals surface area contributed by atoms with Crippen LogP contribution in [0, 0.1) is 0 Å². The number of rotatable bonds is 0. The molecule has 5 heteroatoms. The average molecular weight is 271 g/mol. The molecule has 1 saturated heterocycles. The van der Waals surface area contributed by atoms with Gasteiger partial charge in [0.1, 0.15) is 6.04 Å². The maximum atomic E-state index is 14.9. The normalized spacial score (nSPS) is 33.1. The van der Waals surface area contributed by atoms with Crippen molar-refractivity contribution in [1.29, 1.82) is 0 Å². The van der Waals surface area contributed by atoms with Crippen LogP contribution >= 0.6 is 23.4 Å². The van der Waals surface area contributed by atoms with E-state index < -0.39 is 5.00 Å². The lowest BCUT2D eigenvalue weighted by molar-refractivity contribution is 0.192. The Bertz CT molecular complexity index is 519. The number of halogens is 2. The Hall–Kier alpha value is -0.740. The molecule has 2 nitrogen and oxygen atoms in total. The summed E-state index contributed by atoms with van der Waals surface area (Å²) in [6.07, 6.45) is 0.404. The predicted molar refractivity (Wildman–Crippen MR) is 70.4 cm³/mol. The van der Waals surface area contributed by atoms with Crippen molar-refractivity contribution < 1.29 is 4.39 Å². The molecule has 1 fully saturated rings. The second kappa shape index (κ2) is 3.62. The lowest BCUT2D eigenvalue weighted by Gasteiger charge is -2.22. The van der Waals surface area contributed by atoms with Crippen molar-refractivity contribution in [2.24, 2.45) is 4.99 Å². The van der Waals surface area contributed by atoms with E-state index in [1.807, 2.05) is 30.1 Å². The van der Waals surface area contributed by atoms with Crippen molar-refractivity contribution >= 4 is 28.5 Å². The van der Waals surface area contributed by atoms with E-state index in [-0.39, 0.29) is 6.04 Å². The summed E-state index contributed by atoms with van der Waals surface area (Å²) in [5.74, 6) is 0. The lowest BCUT2D eigenvalue weighted by Crippen LogP contribution is -2.28. The fraction of sp³-hybridized carbons (Fsp3) is 0.417. The minimum atomic E-state index is -1.30. The second-order valence-corrected chi connectivity index (χ2v) is 6.11. The summed E-state index contributed by atoms with van der Waals surface area (Å²) in [7, 11) is 3.59. The van der Waals surface area contributed by atoms with Crippen LogP contribution in [0.15, 0.2) is 23.2 Å². The molecule has 1 aromatic rings. The maximum absolute atomic E-state index is 14.9. The molecule has 90 valence electrons. The van der Waals surface area contributed by atoms with Gasteiger partial charge in [0, 0.05) is 25.5 Å². The van der Waals surface area contributed by atoms with Crippen molar-refractivity contribution in [2.45, 2.75) is 17.5 Å². The van der Waals surface area contributed by atoms with Gasteiger partial charge in [-0.2, -0.15) is 0 Å². The van der Waals surface area contributed by atoms with Gasteiger partial charge in [-0.3, -0.25) is 4.99 Å². The molecule has 1 aliphatic heterocycles. The molecule has 0 saturated carbocycles. The monoisotopic (exact) mass is 270 g/mol. The molecule has 0 aromatic heterocycles. The Kier molecular flexibility index (Phi) is 2.42. The number of benzene rings is 1. The first kappa shape index (κ1) is 11.4. The first-order valence-corrected chi connectivity index (χ1v) is 6.60. The Balaban J connectivity index is 2.11. The van der Waals surface area contributed by atoms with Gasteiger partial charge >= 0.3 is 0 Å². The molecular weight excluding hydrogens is 259 g/mol. The van der Waals surface area contributed by atoms with Crippen LogP contribution in [0.5, 0.6) is 0 Å². The third-order valence-corrected chi connectivity index (χ3v) is 4.98. The van der Waals surface area contributed by atoms with Crippen molar-refractivity contribution in [3.05, 3.63) is 34.3 Å². The predicted octanol–water partition coefficient (Wildman–Crippen LogP) is 3.27. The third-order valence-electron chi connectivity index (χ3n) is 3.38. The van der Waals surface area contributed by atoms with E-state index in [2.05, 4.69) is 4.99 Å². The highest BCUT2D eigenvalue weighted by atomic mass is 35.5. The van der Waals surface area contributed by atoms with Crippen LogP contribution in [-0.2, 0) is 6.42 Å². The van der Waals surface area contributed by atoms with Crippen LogP contribution in [0.25, 0.3) is 0 Å². The largest absolute Gasteiger partial charge is 0.343 e. The number of amidine groups is 1. The van der Waals surface area contributed by atoms with Gasteiger partial charge in [0.25, 0.3) is 0 Å². The number of fused-ring (bicyclic) bond motifs is 3. The molecule has 1 heterocycles. The van der Waals surface area contributed by atoms with Crippen LogP contribution in [0.1, 0.15) is 17.2 Å². The van der Waals surface area contributed by atoms with Crippen molar-refractivity contribution in [1.82, 2.24) is 4.90 Å². The van der Waals surface area contributed by atoms with E-state index in [4.69, 9.17) is 11.6 Å². The van der Waals surface area contributed by atoms with Gasteiger partial charge in [0.2, 0.25) is 0 Å². The SMILES string of the molecule is CN=C1SC2(F)Cc3cc(Cl)ccc3C2N1C. The van der Waals surface area contributed by atoms with E-state index in [1.165, 1.54) is 11.8 Å². The van der Waals surface area contributed by atoms with Gasteiger partial charge in [0.05, 0.1) is 0 Å². The molecule has 2 aliphatic rings. The van der Waals surface area contributed by atoms with Gasteiger partial charge in [-0.15, -0.1) is 0 Å². The smallest absolute Gasteiger partial charge is 0.191 e. The molecule has 0 amide bonds. The van der Waals surface area contributed by atoms with Crippen LogP contribution in [-0.4, -0.2) is 29.2 Å². The molecule has 17 heavy (non-hydrogen) atoms. The standard InChI is InChI=1S/C12H12ClFN2S/c1-15-11-16(2)10-9-4-3-8(13)5-7(9)6-12(10,14)17-11/h3-5,10H,6H2,1-2H3. The topological polar surface area (TPSA) is 15.6 Å². The zero-order valence-electron chi connectivity index (χ0n) is 9.58. The quantitative estimate of drug-likeness (QED) is 0.719. The van der Waals surface area contributed by atoms with E-state index >= 15 is 0 Å². The van der Waals surface area contributed by atoms with E-state index in [9.17, 15) is 4.39 Å². The van der Waals surface area contributed by atoms with Crippen molar-refractivity contribution in [2.75, 3.05) is 14.1 Å². The Morgan fingerprint density at radius 2 is 2.35 bits per heavy atom. The summed E-state index contributed by atoms with van der Waals surface area (Å²) in [5, 5.41) is 0.138. The number of nitrogens with zero attached hydrogens (tertiary/aromatic N) is 2. The number of hydrogen-bond donors (Lipinski definition) is 0. The first-order valence-electron chi connectivity index (χ1n) is 5.41. The van der Waals surface area contributed by atoms with Gasteiger partial charge in [0.15, 0.2) is 10.2 Å². The van der Waals surface area contributed by atoms with Gasteiger partial charge in [-0.1, -0.05) is 17.7 Å². The molecule has 0 radical (unpaired) electrons. The molecule has 3 rings (SSSR count). The highest BCUT2D eigenvalue weighted by Gasteiger charge is 2.56. The molecular formula is C12H12ClFN2S. The first-order chi connectivity index (χ1) is 8.05. The third kappa shape index (κ3) is 1.50. The second-order valence-electron chi connectivity index (χ2n) is 4.43. The molecule has 0 N–H and O–H groups in total. The number of hydrogen-bond acceptors (Lipinski definition) is 2. The summed E-state index contributed by atoms with van der Waals surface area (Å²) in [4.78, 5) is 6.05. The number of thioether (sulfide) groups is 1. The van der Waals surface area contributed by atoms with E-state index in [1.54, 1.807) is 7.05 Å². The average Bonchev–Trinajstić information content (AvgIpc) is 2.68. The summed E-state index contributed by atoms with van der Waals surface area (Å²) < 4.78 is 14.9. The van der Waals surface area contributed by atoms with Crippen LogP contribution < -0.4 is 0 Å². The van der Waals surface area contributed by atoms with Crippen LogP contribution in [0.2, 0.25) is 5.02 Å². The summed E-state index contributed by atoms with van der Waals surface area (Å²) in [6, 6.07) is 5.39. The Labute approximate surface area is 109 Å². The molecule has 0 spiro atoms. The zero-order chi connectivity index (χ0) is 12.2. The van der Waals surface area contributed by atoms with Crippen LogP contribution in [0.4, 0.5) is 4.39 Å². The fourth-order valence-corrected chi connectivity index (χ4v) is 4.17. The minimum absolute atomic E-state index is 0.238. The molecule has 0 bridgehead atoms. The van der Waals surface area contributed by atoms with Gasteiger partial charge in [-0.05, 0) is 35.0 Å². The van der Waals surface area contributed by atoms with E-state index in [0.717, 1.165) is 16.3 Å². The van der Waals surface area contributed by atoms with Crippen molar-refractivity contribution in [3.63, 3.8) is 0 Å². The maximum Gasteiger partial charge on any atom is 0.191 e. The highest BCUT2D eigenvalue weighted by Crippen LogP contribution is 2.57. The van der Waals surface area contributed by atoms with E-state index in [0.29, 0.717) is 11.4 Å². The molecule has 2 unspecified atom stereocenters. The molecule has 2 atom stereocenters. The molecule has 1 aliphatic carbocycles. The van der Waals surface area contributed by atoms with Gasteiger partial charge < -0.3 is 4.90 Å². The lowest BCUT2D eigenvalue weighted by atomic mass is 10.1. The van der Waals surface area contributed by atoms with Crippen LogP contribution in [0.3, 0.4) is 0 Å². The highest BCUT2D eigenvalue weighted by molar-refractivity contribution is 8.15. The van der Waals surface area contributed by atoms with Gasteiger partial charge in [-0.25, -0.2) is 4.39 Å². The zero-order valence-corrected chi connectivity index (χ0v) is 11.1.